The highest BCUT2D eigenvalue weighted by Crippen LogP contribution is 2.37. The minimum Gasteiger partial charge on any atom is -0.324 e. The number of amides is 1. The number of carbonyl (C=O) groups excluding carboxylic acids is 1. The fraction of sp³-hybridized carbons (Fsp3) is 0.0800. The molecule has 0 unspecified atom stereocenters. The van der Waals surface area contributed by atoms with E-state index in [4.69, 9.17) is 23.2 Å². The lowest BCUT2D eigenvalue weighted by Crippen LogP contribution is -2.21. The van der Waals surface area contributed by atoms with E-state index in [1.54, 1.807) is 48.5 Å². The Morgan fingerprint density at radius 3 is 2.59 bits per heavy atom. The Hall–Kier alpha value is -3.68. The zero-order valence-corrected chi connectivity index (χ0v) is 19.4. The first-order chi connectivity index (χ1) is 16.4. The predicted molar refractivity (Wildman–Crippen MR) is 132 cm³/mol. The summed E-state index contributed by atoms with van der Waals surface area (Å²) in [6.07, 6.45) is 1.81. The number of halogens is 3. The molecule has 0 saturated carbocycles. The Morgan fingerprint density at radius 2 is 1.85 bits per heavy atom. The van der Waals surface area contributed by atoms with Crippen LogP contribution in [0, 0.1) is 12.7 Å². The molecule has 4 aromatic rings. The van der Waals surface area contributed by atoms with E-state index in [2.05, 4.69) is 20.7 Å². The number of nitrogens with one attached hydrogen (secondary N) is 2. The summed E-state index contributed by atoms with van der Waals surface area (Å²) in [6, 6.07) is 18.2. The van der Waals surface area contributed by atoms with E-state index >= 15 is 0 Å². The van der Waals surface area contributed by atoms with Crippen molar-refractivity contribution in [1.29, 1.82) is 0 Å². The molecule has 1 aliphatic heterocycles. The lowest BCUT2D eigenvalue weighted by Gasteiger charge is -2.25. The summed E-state index contributed by atoms with van der Waals surface area (Å²) >= 11 is 12.4. The van der Waals surface area contributed by atoms with E-state index in [1.165, 1.54) is 10.7 Å². The van der Waals surface area contributed by atoms with Crippen molar-refractivity contribution in [3.05, 3.63) is 111 Å². The first-order valence-electron chi connectivity index (χ1n) is 10.4. The van der Waals surface area contributed by atoms with Crippen molar-refractivity contribution in [2.45, 2.75) is 13.0 Å². The second-order valence-electron chi connectivity index (χ2n) is 7.82. The molecule has 34 heavy (non-hydrogen) atoms. The Bertz CT molecular complexity index is 1410. The van der Waals surface area contributed by atoms with Gasteiger partial charge in [-0.15, -0.1) is 5.10 Å². The highest BCUT2D eigenvalue weighted by Gasteiger charge is 2.29. The van der Waals surface area contributed by atoms with E-state index in [0.29, 0.717) is 22.2 Å². The van der Waals surface area contributed by atoms with Gasteiger partial charge >= 0.3 is 0 Å². The molecular formula is C25H18Cl2FN5O. The van der Waals surface area contributed by atoms with Crippen LogP contribution in [0.2, 0.25) is 10.0 Å². The lowest BCUT2D eigenvalue weighted by molar-refractivity contribution is 0.102. The van der Waals surface area contributed by atoms with Crippen LogP contribution in [-0.2, 0) is 0 Å². The average Bonchev–Trinajstić information content (AvgIpc) is 3.22. The summed E-state index contributed by atoms with van der Waals surface area (Å²) in [5.41, 5.74) is 3.19. The van der Waals surface area contributed by atoms with Crippen molar-refractivity contribution in [2.75, 3.05) is 10.6 Å². The maximum Gasteiger partial charge on any atom is 0.258 e. The van der Waals surface area contributed by atoms with Crippen LogP contribution in [0.4, 0.5) is 16.3 Å². The Balaban J connectivity index is 1.55. The van der Waals surface area contributed by atoms with Crippen molar-refractivity contribution in [2.24, 2.45) is 0 Å². The number of nitrogens with zero attached hydrogens (tertiary/aromatic N) is 3. The van der Waals surface area contributed by atoms with Crippen molar-refractivity contribution in [3.63, 3.8) is 0 Å². The second kappa shape index (κ2) is 8.93. The Morgan fingerprint density at radius 1 is 1.09 bits per heavy atom. The van der Waals surface area contributed by atoms with E-state index < -0.39 is 11.9 Å². The number of allylic oxidation sites excluding steroid dienone is 1. The van der Waals surface area contributed by atoms with Crippen LogP contribution in [-0.4, -0.2) is 20.7 Å². The zero-order chi connectivity index (χ0) is 23.8. The fourth-order valence-electron chi connectivity index (χ4n) is 3.80. The summed E-state index contributed by atoms with van der Waals surface area (Å²) in [4.78, 5) is 17.2. The molecular weight excluding hydrogens is 476 g/mol. The molecule has 1 amide bonds. The first kappa shape index (κ1) is 22.1. The third-order valence-corrected chi connectivity index (χ3v) is 6.00. The van der Waals surface area contributed by atoms with Crippen molar-refractivity contribution >= 4 is 46.7 Å². The van der Waals surface area contributed by atoms with Crippen molar-refractivity contribution in [3.8, 4) is 0 Å². The van der Waals surface area contributed by atoms with Crippen molar-refractivity contribution < 1.29 is 9.18 Å². The number of hydrogen-bond acceptors (Lipinski definition) is 4. The number of carbonyl (C=O) groups is 1. The van der Waals surface area contributed by atoms with Gasteiger partial charge < -0.3 is 5.32 Å². The highest BCUT2D eigenvalue weighted by atomic mass is 35.5. The molecule has 0 spiro atoms. The number of anilines is 2. The van der Waals surface area contributed by atoms with Crippen LogP contribution in [0.25, 0.3) is 5.70 Å². The predicted octanol–water partition coefficient (Wildman–Crippen LogP) is 6.34. The zero-order valence-electron chi connectivity index (χ0n) is 17.9. The molecule has 170 valence electrons. The van der Waals surface area contributed by atoms with Crippen molar-refractivity contribution in [1.82, 2.24) is 14.8 Å². The monoisotopic (exact) mass is 493 g/mol. The molecule has 6 nitrogen and oxygen atoms in total. The average molecular weight is 494 g/mol. The molecule has 5 rings (SSSR count). The summed E-state index contributed by atoms with van der Waals surface area (Å²) in [7, 11) is 0. The molecule has 3 aromatic carbocycles. The van der Waals surface area contributed by atoms with E-state index in [-0.39, 0.29) is 22.4 Å². The molecule has 0 aliphatic carbocycles. The van der Waals surface area contributed by atoms with Gasteiger partial charge in [0.25, 0.3) is 11.9 Å². The Kier molecular flexibility index (Phi) is 5.81. The molecule has 1 atom stereocenters. The first-order valence-corrected chi connectivity index (χ1v) is 11.2. The largest absolute Gasteiger partial charge is 0.324 e. The van der Waals surface area contributed by atoms with Gasteiger partial charge in [-0.3, -0.25) is 10.1 Å². The minimum atomic E-state index is -0.701. The summed E-state index contributed by atoms with van der Waals surface area (Å²) < 4.78 is 16.4. The summed E-state index contributed by atoms with van der Waals surface area (Å²) in [5.74, 6) is -0.413. The van der Waals surface area contributed by atoms with Crippen LogP contribution in [0.1, 0.15) is 33.1 Å². The maximum atomic E-state index is 14.9. The van der Waals surface area contributed by atoms with Crippen LogP contribution in [0.3, 0.4) is 0 Å². The smallest absolute Gasteiger partial charge is 0.258 e. The summed E-state index contributed by atoms with van der Waals surface area (Å²) in [6.45, 7) is 1.90. The number of aromatic nitrogens is 3. The number of aryl methyl sites for hydroxylation is 1. The van der Waals surface area contributed by atoms with Gasteiger partial charge in [-0.25, -0.2) is 9.07 Å². The molecule has 9 heteroatoms. The molecule has 1 aliphatic rings. The highest BCUT2D eigenvalue weighted by molar-refractivity contribution is 6.31. The number of fused-ring (bicyclic) bond motifs is 1. The molecule has 1 aromatic heterocycles. The van der Waals surface area contributed by atoms with Gasteiger partial charge in [0.15, 0.2) is 0 Å². The molecule has 2 N–H and O–H groups in total. The SMILES string of the molecule is Cc1cccc(C(=O)Nc2nc3n(n2)[C@@H](c2c(F)cccc2Cl)C=C(c2ccc(Cl)cc2)N3)c1. The van der Waals surface area contributed by atoms with Gasteiger partial charge in [-0.1, -0.05) is 59.1 Å². The molecule has 0 radical (unpaired) electrons. The Labute approximate surface area is 205 Å². The van der Waals surface area contributed by atoms with Crippen LogP contribution in [0.5, 0.6) is 0 Å². The number of hydrogen-bond donors (Lipinski definition) is 2. The minimum absolute atomic E-state index is 0.0808. The number of benzene rings is 3. The molecule has 2 heterocycles. The molecule has 0 fully saturated rings. The number of rotatable bonds is 4. The van der Waals surface area contributed by atoms with Gasteiger partial charge in [0.1, 0.15) is 11.9 Å². The van der Waals surface area contributed by atoms with Gasteiger partial charge in [0.05, 0.1) is 0 Å². The van der Waals surface area contributed by atoms with Gasteiger partial charge in [0.2, 0.25) is 5.95 Å². The maximum absolute atomic E-state index is 14.9. The second-order valence-corrected chi connectivity index (χ2v) is 8.66. The standard InChI is InChI=1S/C25H18Cl2FN5O/c1-14-4-2-5-16(12-14)23(34)30-24-31-25-29-20(15-8-10-17(26)11-9-15)13-21(33(25)32-24)22-18(27)6-3-7-19(22)28/h2-13,21H,1H3,(H2,29,30,31,32,34)/t21-/m1/s1. The third-order valence-electron chi connectivity index (χ3n) is 5.42. The van der Waals surface area contributed by atoms with Gasteiger partial charge in [-0.05, 0) is 55.0 Å². The van der Waals surface area contributed by atoms with E-state index in [1.807, 2.05) is 25.1 Å². The fourth-order valence-corrected chi connectivity index (χ4v) is 4.20. The molecule has 0 saturated heterocycles. The van der Waals surface area contributed by atoms with Crippen LogP contribution < -0.4 is 10.6 Å². The quantitative estimate of drug-likeness (QED) is 0.347. The van der Waals surface area contributed by atoms with Gasteiger partial charge in [0, 0.05) is 26.9 Å². The normalized spacial score (nSPS) is 14.7. The lowest BCUT2D eigenvalue weighted by atomic mass is 10.0. The van der Waals surface area contributed by atoms with Crippen LogP contribution in [0.15, 0.2) is 72.8 Å². The van der Waals surface area contributed by atoms with E-state index in [0.717, 1.165) is 11.1 Å². The molecule has 0 bridgehead atoms. The van der Waals surface area contributed by atoms with E-state index in [9.17, 15) is 9.18 Å². The third kappa shape index (κ3) is 4.27. The van der Waals surface area contributed by atoms with Gasteiger partial charge in [-0.2, -0.15) is 4.98 Å². The van der Waals surface area contributed by atoms with Crippen LogP contribution >= 0.6 is 23.2 Å². The topological polar surface area (TPSA) is 71.8 Å². The summed E-state index contributed by atoms with van der Waals surface area (Å²) in [5, 5.41) is 11.2.